The molecular formula is C13H17N3O5. The van der Waals surface area contributed by atoms with Crippen LogP contribution in [0.5, 0.6) is 11.8 Å². The number of rotatable bonds is 5. The number of aliphatic carboxylic acids is 1. The molecule has 0 unspecified atom stereocenters. The van der Waals surface area contributed by atoms with Gasteiger partial charge in [0.15, 0.2) is 0 Å². The summed E-state index contributed by atoms with van der Waals surface area (Å²) >= 11 is 0. The molecule has 0 aromatic carbocycles. The summed E-state index contributed by atoms with van der Waals surface area (Å²) in [4.78, 5) is 31.3. The second-order valence-electron chi connectivity index (χ2n) is 4.75. The highest BCUT2D eigenvalue weighted by atomic mass is 16.5. The molecule has 1 aromatic heterocycles. The van der Waals surface area contributed by atoms with E-state index in [1.54, 1.807) is 0 Å². The molecule has 114 valence electrons. The minimum atomic E-state index is -0.947. The number of carboxylic acids is 1. The molecule has 0 aliphatic heterocycles. The average Bonchev–Trinajstić information content (AvgIpc) is 2.96. The Bertz CT molecular complexity index is 526. The lowest BCUT2D eigenvalue weighted by Gasteiger charge is -2.15. The van der Waals surface area contributed by atoms with Gasteiger partial charge in [-0.05, 0) is 12.8 Å². The van der Waals surface area contributed by atoms with E-state index in [4.69, 9.17) is 14.6 Å². The quantitative estimate of drug-likeness (QED) is 0.831. The van der Waals surface area contributed by atoms with E-state index in [2.05, 4.69) is 15.3 Å². The molecule has 1 aliphatic carbocycles. The van der Waals surface area contributed by atoms with Gasteiger partial charge in [-0.3, -0.25) is 14.9 Å². The van der Waals surface area contributed by atoms with Crippen molar-refractivity contribution in [2.75, 3.05) is 19.5 Å². The minimum Gasteiger partial charge on any atom is -0.481 e. The molecule has 2 rings (SSSR count). The zero-order valence-electron chi connectivity index (χ0n) is 11.8. The van der Waals surface area contributed by atoms with Crippen molar-refractivity contribution in [1.82, 2.24) is 9.97 Å². The Morgan fingerprint density at radius 2 is 1.76 bits per heavy atom. The van der Waals surface area contributed by atoms with Crippen LogP contribution < -0.4 is 14.8 Å². The predicted octanol–water partition coefficient (Wildman–Crippen LogP) is 0.933. The molecule has 1 heterocycles. The Balaban J connectivity index is 2.14. The fourth-order valence-electron chi connectivity index (χ4n) is 2.44. The topological polar surface area (TPSA) is 111 Å². The fourth-order valence-corrected chi connectivity index (χ4v) is 2.44. The van der Waals surface area contributed by atoms with Crippen molar-refractivity contribution >= 4 is 17.8 Å². The van der Waals surface area contributed by atoms with Gasteiger partial charge in [0.2, 0.25) is 23.6 Å². The van der Waals surface area contributed by atoms with E-state index in [0.717, 1.165) is 6.42 Å². The Labute approximate surface area is 121 Å². The van der Waals surface area contributed by atoms with Gasteiger partial charge in [-0.1, -0.05) is 6.42 Å². The molecule has 1 fully saturated rings. The number of nitrogens with one attached hydrogen (secondary N) is 1. The summed E-state index contributed by atoms with van der Waals surface area (Å²) in [6, 6.07) is 1.48. The molecule has 8 nitrogen and oxygen atoms in total. The van der Waals surface area contributed by atoms with Gasteiger partial charge in [0.1, 0.15) is 0 Å². The molecule has 1 aromatic rings. The number of carbonyl (C=O) groups is 2. The number of amides is 1. The highest BCUT2D eigenvalue weighted by Gasteiger charge is 2.38. The lowest BCUT2D eigenvalue weighted by Crippen LogP contribution is -2.30. The zero-order valence-corrected chi connectivity index (χ0v) is 11.8. The number of methoxy groups -OCH3 is 2. The Morgan fingerprint density at radius 1 is 1.19 bits per heavy atom. The Kier molecular flexibility index (Phi) is 4.56. The number of carboxylic acid groups (broad SMARTS) is 1. The molecule has 0 radical (unpaired) electrons. The van der Waals surface area contributed by atoms with Crippen molar-refractivity contribution in [3.05, 3.63) is 6.07 Å². The van der Waals surface area contributed by atoms with Crippen LogP contribution in [0.1, 0.15) is 19.3 Å². The molecule has 1 amide bonds. The summed E-state index contributed by atoms with van der Waals surface area (Å²) in [5.74, 6) is -2.03. The summed E-state index contributed by atoms with van der Waals surface area (Å²) in [7, 11) is 2.87. The van der Waals surface area contributed by atoms with Crippen LogP contribution in [-0.4, -0.2) is 41.2 Å². The van der Waals surface area contributed by atoms with E-state index in [9.17, 15) is 9.59 Å². The van der Waals surface area contributed by atoms with Gasteiger partial charge in [0.05, 0.1) is 32.1 Å². The summed E-state index contributed by atoms with van der Waals surface area (Å²) in [5, 5.41) is 11.6. The lowest BCUT2D eigenvalue weighted by molar-refractivity contribution is -0.145. The monoisotopic (exact) mass is 295 g/mol. The maximum absolute atomic E-state index is 12.2. The van der Waals surface area contributed by atoms with Gasteiger partial charge in [-0.25, -0.2) is 0 Å². The zero-order chi connectivity index (χ0) is 15.4. The number of nitrogens with zero attached hydrogens (tertiary/aromatic N) is 2. The van der Waals surface area contributed by atoms with Gasteiger partial charge < -0.3 is 14.6 Å². The Hall–Kier alpha value is -2.38. The van der Waals surface area contributed by atoms with Crippen molar-refractivity contribution < 1.29 is 24.2 Å². The van der Waals surface area contributed by atoms with Crippen molar-refractivity contribution in [1.29, 1.82) is 0 Å². The van der Waals surface area contributed by atoms with E-state index in [0.29, 0.717) is 12.8 Å². The van der Waals surface area contributed by atoms with E-state index >= 15 is 0 Å². The number of anilines is 1. The van der Waals surface area contributed by atoms with Crippen molar-refractivity contribution in [2.45, 2.75) is 19.3 Å². The van der Waals surface area contributed by atoms with Crippen molar-refractivity contribution in [3.63, 3.8) is 0 Å². The van der Waals surface area contributed by atoms with E-state index in [1.807, 2.05) is 0 Å². The minimum absolute atomic E-state index is 0.0345. The van der Waals surface area contributed by atoms with Crippen LogP contribution in [0, 0.1) is 11.8 Å². The van der Waals surface area contributed by atoms with Crippen LogP contribution in [0.3, 0.4) is 0 Å². The molecular weight excluding hydrogens is 278 g/mol. The summed E-state index contributed by atoms with van der Waals surface area (Å²) in [6.45, 7) is 0. The normalized spacial score (nSPS) is 20.9. The van der Waals surface area contributed by atoms with Crippen LogP contribution in [0.25, 0.3) is 0 Å². The van der Waals surface area contributed by atoms with Gasteiger partial charge >= 0.3 is 5.97 Å². The maximum Gasteiger partial charge on any atom is 0.307 e. The van der Waals surface area contributed by atoms with Crippen LogP contribution in [0.15, 0.2) is 6.07 Å². The van der Waals surface area contributed by atoms with Crippen molar-refractivity contribution in [2.24, 2.45) is 11.8 Å². The standard InChI is InChI=1S/C13H17N3O5/c1-20-9-6-10(21-2)15-13(14-9)16-11(17)7-4-3-5-8(7)12(18)19/h6-8H,3-5H2,1-2H3,(H,18,19)(H,14,15,16,17)/t7-,8+/m1/s1. The molecule has 21 heavy (non-hydrogen) atoms. The van der Waals surface area contributed by atoms with Gasteiger partial charge in [-0.2, -0.15) is 9.97 Å². The first kappa shape index (κ1) is 15.0. The third kappa shape index (κ3) is 3.39. The van der Waals surface area contributed by atoms with Crippen LogP contribution in [0.2, 0.25) is 0 Å². The second-order valence-corrected chi connectivity index (χ2v) is 4.75. The van der Waals surface area contributed by atoms with Gasteiger partial charge in [0.25, 0.3) is 0 Å². The van der Waals surface area contributed by atoms with Crippen LogP contribution >= 0.6 is 0 Å². The number of hydrogen-bond acceptors (Lipinski definition) is 6. The first-order chi connectivity index (χ1) is 10.0. The Morgan fingerprint density at radius 3 is 2.29 bits per heavy atom. The largest absolute Gasteiger partial charge is 0.481 e. The molecule has 1 aliphatic rings. The molecule has 0 bridgehead atoms. The number of aromatic nitrogens is 2. The fraction of sp³-hybridized carbons (Fsp3) is 0.538. The smallest absolute Gasteiger partial charge is 0.307 e. The molecule has 0 spiro atoms. The molecule has 2 atom stereocenters. The molecule has 1 saturated carbocycles. The third-order valence-electron chi connectivity index (χ3n) is 3.50. The number of ether oxygens (including phenoxy) is 2. The van der Waals surface area contributed by atoms with E-state index < -0.39 is 23.7 Å². The first-order valence-electron chi connectivity index (χ1n) is 6.56. The summed E-state index contributed by atoms with van der Waals surface area (Å²) < 4.78 is 9.97. The lowest BCUT2D eigenvalue weighted by atomic mass is 9.95. The van der Waals surface area contributed by atoms with Gasteiger partial charge in [-0.15, -0.1) is 0 Å². The van der Waals surface area contributed by atoms with Crippen molar-refractivity contribution in [3.8, 4) is 11.8 Å². The molecule has 0 saturated heterocycles. The summed E-state index contributed by atoms with van der Waals surface area (Å²) in [5.41, 5.74) is 0. The third-order valence-corrected chi connectivity index (χ3v) is 3.50. The van der Waals surface area contributed by atoms with E-state index in [-0.39, 0.29) is 17.7 Å². The maximum atomic E-state index is 12.2. The predicted molar refractivity (Wildman–Crippen MR) is 72.2 cm³/mol. The van der Waals surface area contributed by atoms with Gasteiger partial charge in [0, 0.05) is 0 Å². The molecule has 8 heteroatoms. The van der Waals surface area contributed by atoms with Crippen LogP contribution in [-0.2, 0) is 9.59 Å². The SMILES string of the molecule is COc1cc(OC)nc(NC(=O)[C@@H]2CCC[C@@H]2C(=O)O)n1. The number of hydrogen-bond donors (Lipinski definition) is 2. The first-order valence-corrected chi connectivity index (χ1v) is 6.56. The molecule has 2 N–H and O–H groups in total. The second kappa shape index (κ2) is 6.38. The highest BCUT2D eigenvalue weighted by molar-refractivity contribution is 5.94. The summed E-state index contributed by atoms with van der Waals surface area (Å²) in [6.07, 6.45) is 1.77. The van der Waals surface area contributed by atoms with Crippen LogP contribution in [0.4, 0.5) is 5.95 Å². The average molecular weight is 295 g/mol. The number of carbonyl (C=O) groups excluding carboxylic acids is 1. The van der Waals surface area contributed by atoms with E-state index in [1.165, 1.54) is 20.3 Å². The highest BCUT2D eigenvalue weighted by Crippen LogP contribution is 2.32.